The molecule has 24 heavy (non-hydrogen) atoms. The van der Waals surface area contributed by atoms with E-state index in [1.54, 1.807) is 24.3 Å². The summed E-state index contributed by atoms with van der Waals surface area (Å²) in [6.45, 7) is 9.38. The van der Waals surface area contributed by atoms with Crippen molar-refractivity contribution in [2.75, 3.05) is 19.8 Å². The fourth-order valence-corrected chi connectivity index (χ4v) is 2.10. The molecule has 132 valence electrons. The van der Waals surface area contributed by atoms with E-state index in [1.165, 1.54) is 0 Å². The zero-order valence-electron chi connectivity index (χ0n) is 14.7. The maximum Gasteiger partial charge on any atom is 0.407 e. The number of ether oxygens (including phenoxy) is 3. The Morgan fingerprint density at radius 3 is 2.33 bits per heavy atom. The summed E-state index contributed by atoms with van der Waals surface area (Å²) < 4.78 is 15.6. The minimum Gasteiger partial charge on any atom is -0.461 e. The number of benzene rings is 1. The van der Waals surface area contributed by atoms with Crippen LogP contribution in [-0.4, -0.2) is 37.5 Å². The van der Waals surface area contributed by atoms with Crippen LogP contribution in [0.5, 0.6) is 0 Å². The lowest BCUT2D eigenvalue weighted by molar-refractivity contribution is -0.127. The van der Waals surface area contributed by atoms with Gasteiger partial charge >= 0.3 is 12.1 Å². The second-order valence-electron chi connectivity index (χ2n) is 7.43. The number of carbonyl (C=O) groups is 2. The predicted molar refractivity (Wildman–Crippen MR) is 88.7 cm³/mol. The van der Waals surface area contributed by atoms with Crippen LogP contribution in [0.15, 0.2) is 24.3 Å². The molecule has 0 spiro atoms. The molecule has 1 saturated heterocycles. The average molecular weight is 335 g/mol. The molecular weight excluding hydrogens is 310 g/mol. The van der Waals surface area contributed by atoms with Crippen molar-refractivity contribution in [2.24, 2.45) is 5.41 Å². The van der Waals surface area contributed by atoms with Crippen LogP contribution in [-0.2, 0) is 20.8 Å². The molecule has 0 aliphatic carbocycles. The average Bonchev–Trinajstić information content (AvgIpc) is 2.47. The van der Waals surface area contributed by atoms with Gasteiger partial charge in [0.1, 0.15) is 12.2 Å². The predicted octanol–water partition coefficient (Wildman–Crippen LogP) is 2.90. The zero-order valence-corrected chi connectivity index (χ0v) is 14.7. The molecule has 1 amide bonds. The molecule has 0 saturated carbocycles. The van der Waals surface area contributed by atoms with Gasteiger partial charge in [0.15, 0.2) is 0 Å². The fourth-order valence-electron chi connectivity index (χ4n) is 2.10. The Labute approximate surface area is 142 Å². The van der Waals surface area contributed by atoms with Crippen LogP contribution in [0.1, 0.15) is 43.6 Å². The van der Waals surface area contributed by atoms with Gasteiger partial charge in [0.2, 0.25) is 0 Å². The standard InChI is InChI=1S/C18H25NO5/c1-17(2,3)24-16(21)19-9-13-5-7-14(8-6-13)15(20)23-12-18(4)10-22-11-18/h5-8H,9-12H2,1-4H3,(H,19,21). The molecule has 1 heterocycles. The van der Waals surface area contributed by atoms with Crippen molar-refractivity contribution < 1.29 is 23.8 Å². The third kappa shape index (κ3) is 5.53. The highest BCUT2D eigenvalue weighted by Crippen LogP contribution is 2.26. The fraction of sp³-hybridized carbons (Fsp3) is 0.556. The Morgan fingerprint density at radius 1 is 1.21 bits per heavy atom. The summed E-state index contributed by atoms with van der Waals surface area (Å²) in [6.07, 6.45) is -0.470. The second kappa shape index (κ2) is 7.21. The molecule has 2 rings (SSSR count). The molecule has 0 bridgehead atoms. The lowest BCUT2D eigenvalue weighted by Crippen LogP contribution is -2.44. The maximum absolute atomic E-state index is 12.0. The summed E-state index contributed by atoms with van der Waals surface area (Å²) >= 11 is 0. The van der Waals surface area contributed by atoms with Crippen LogP contribution in [0.25, 0.3) is 0 Å². The summed E-state index contributed by atoms with van der Waals surface area (Å²) in [7, 11) is 0. The quantitative estimate of drug-likeness (QED) is 0.838. The minimum atomic E-state index is -0.528. The van der Waals surface area contributed by atoms with Crippen LogP contribution >= 0.6 is 0 Å². The van der Waals surface area contributed by atoms with Gasteiger partial charge in [0.05, 0.1) is 18.8 Å². The Balaban J connectivity index is 1.79. The number of nitrogens with one attached hydrogen (secondary N) is 1. The first-order valence-electron chi connectivity index (χ1n) is 7.98. The van der Waals surface area contributed by atoms with Gasteiger partial charge in [-0.2, -0.15) is 0 Å². The van der Waals surface area contributed by atoms with E-state index in [4.69, 9.17) is 14.2 Å². The number of alkyl carbamates (subject to hydrolysis) is 1. The molecule has 1 aromatic rings. The molecule has 6 nitrogen and oxygen atoms in total. The van der Waals surface area contributed by atoms with Crippen molar-refractivity contribution in [3.8, 4) is 0 Å². The van der Waals surface area contributed by atoms with Crippen molar-refractivity contribution in [1.82, 2.24) is 5.32 Å². The maximum atomic E-state index is 12.0. The molecule has 6 heteroatoms. The number of rotatable bonds is 5. The third-order valence-electron chi connectivity index (χ3n) is 3.48. The van der Waals surface area contributed by atoms with Crippen LogP contribution in [0.4, 0.5) is 4.79 Å². The monoisotopic (exact) mass is 335 g/mol. The Bertz CT molecular complexity index is 584. The molecule has 0 radical (unpaired) electrons. The Morgan fingerprint density at radius 2 is 1.83 bits per heavy atom. The summed E-state index contributed by atoms with van der Waals surface area (Å²) in [5.41, 5.74) is 0.767. The van der Waals surface area contributed by atoms with Crippen LogP contribution in [0.2, 0.25) is 0 Å². The van der Waals surface area contributed by atoms with E-state index in [0.717, 1.165) is 5.56 Å². The first-order chi connectivity index (χ1) is 11.2. The molecule has 0 atom stereocenters. The smallest absolute Gasteiger partial charge is 0.407 e. The topological polar surface area (TPSA) is 73.9 Å². The molecule has 0 aromatic heterocycles. The van der Waals surface area contributed by atoms with Crippen LogP contribution in [0.3, 0.4) is 0 Å². The van der Waals surface area contributed by atoms with Gasteiger partial charge in [-0.3, -0.25) is 0 Å². The highest BCUT2D eigenvalue weighted by Gasteiger charge is 2.34. The van der Waals surface area contributed by atoms with E-state index < -0.39 is 11.7 Å². The third-order valence-corrected chi connectivity index (χ3v) is 3.48. The first-order valence-corrected chi connectivity index (χ1v) is 7.98. The number of hydrogen-bond donors (Lipinski definition) is 1. The van der Waals surface area contributed by atoms with E-state index in [0.29, 0.717) is 31.9 Å². The van der Waals surface area contributed by atoms with E-state index in [9.17, 15) is 9.59 Å². The van der Waals surface area contributed by atoms with Crippen molar-refractivity contribution in [3.63, 3.8) is 0 Å². The SMILES string of the molecule is CC1(COC(=O)c2ccc(CNC(=O)OC(C)(C)C)cc2)COC1. The van der Waals surface area contributed by atoms with Crippen molar-refractivity contribution in [3.05, 3.63) is 35.4 Å². The Hall–Kier alpha value is -2.08. The number of carbonyl (C=O) groups excluding carboxylic acids is 2. The van der Waals surface area contributed by atoms with Gasteiger partial charge in [0.25, 0.3) is 0 Å². The lowest BCUT2D eigenvalue weighted by atomic mass is 9.90. The molecular formula is C18H25NO5. The number of esters is 1. The first kappa shape index (κ1) is 18.3. The lowest BCUT2D eigenvalue weighted by Gasteiger charge is -2.37. The van der Waals surface area contributed by atoms with E-state index in [1.807, 2.05) is 27.7 Å². The molecule has 1 aliphatic heterocycles. The molecule has 1 N–H and O–H groups in total. The van der Waals surface area contributed by atoms with Gasteiger partial charge in [-0.1, -0.05) is 19.1 Å². The van der Waals surface area contributed by atoms with Crippen molar-refractivity contribution in [2.45, 2.75) is 39.8 Å². The highest BCUT2D eigenvalue weighted by molar-refractivity contribution is 5.89. The van der Waals surface area contributed by atoms with E-state index >= 15 is 0 Å². The van der Waals surface area contributed by atoms with Gasteiger partial charge in [0, 0.05) is 12.0 Å². The van der Waals surface area contributed by atoms with Crippen LogP contribution in [0, 0.1) is 5.41 Å². The van der Waals surface area contributed by atoms with Gasteiger partial charge in [-0.05, 0) is 38.5 Å². The minimum absolute atomic E-state index is 0.0626. The summed E-state index contributed by atoms with van der Waals surface area (Å²) in [5.74, 6) is -0.352. The van der Waals surface area contributed by atoms with Crippen molar-refractivity contribution >= 4 is 12.1 Å². The number of amides is 1. The van der Waals surface area contributed by atoms with Crippen LogP contribution < -0.4 is 5.32 Å². The largest absolute Gasteiger partial charge is 0.461 e. The van der Waals surface area contributed by atoms with Gasteiger partial charge in [-0.15, -0.1) is 0 Å². The molecule has 1 fully saturated rings. The normalized spacial score (nSPS) is 16.0. The Kier molecular flexibility index (Phi) is 5.49. The second-order valence-corrected chi connectivity index (χ2v) is 7.43. The molecule has 0 unspecified atom stereocenters. The van der Waals surface area contributed by atoms with Crippen molar-refractivity contribution in [1.29, 1.82) is 0 Å². The summed E-state index contributed by atoms with van der Waals surface area (Å²) in [6, 6.07) is 6.94. The summed E-state index contributed by atoms with van der Waals surface area (Å²) in [4.78, 5) is 23.6. The van der Waals surface area contributed by atoms with Gasteiger partial charge < -0.3 is 19.5 Å². The number of hydrogen-bond acceptors (Lipinski definition) is 5. The van der Waals surface area contributed by atoms with E-state index in [2.05, 4.69) is 5.32 Å². The van der Waals surface area contributed by atoms with Gasteiger partial charge in [-0.25, -0.2) is 9.59 Å². The zero-order chi connectivity index (χ0) is 17.8. The molecule has 1 aliphatic rings. The molecule has 1 aromatic carbocycles. The summed E-state index contributed by atoms with van der Waals surface area (Å²) in [5, 5.41) is 2.67. The highest BCUT2D eigenvalue weighted by atomic mass is 16.6. The van der Waals surface area contributed by atoms with E-state index in [-0.39, 0.29) is 11.4 Å².